The second-order valence-corrected chi connectivity index (χ2v) is 6.23. The number of piperidine rings is 1. The summed E-state index contributed by atoms with van der Waals surface area (Å²) in [6.07, 6.45) is 3.22. The summed E-state index contributed by atoms with van der Waals surface area (Å²) in [5.74, 6) is 0.254. The zero-order chi connectivity index (χ0) is 15.4. The number of carbonyl (C=O) groups is 1. The molecule has 0 radical (unpaired) electrons. The maximum Gasteiger partial charge on any atom is 0.222 e. The molecule has 5 heteroatoms. The van der Waals surface area contributed by atoms with Crippen molar-refractivity contribution < 1.29 is 9.90 Å². The minimum absolute atomic E-state index is 0.0789. The van der Waals surface area contributed by atoms with Crippen LogP contribution in [-0.2, 0) is 11.2 Å². The molecule has 0 aromatic heterocycles. The van der Waals surface area contributed by atoms with Crippen LogP contribution >= 0.6 is 11.6 Å². The number of phenols is 1. The zero-order valence-corrected chi connectivity index (χ0v) is 13.4. The third kappa shape index (κ3) is 4.35. The van der Waals surface area contributed by atoms with Gasteiger partial charge in [0.25, 0.3) is 0 Å². The molecule has 1 N–H and O–H groups in total. The van der Waals surface area contributed by atoms with Gasteiger partial charge in [0.2, 0.25) is 5.91 Å². The van der Waals surface area contributed by atoms with Crippen LogP contribution in [0.1, 0.15) is 24.8 Å². The molecule has 1 aromatic rings. The number of hydrogen-bond donors (Lipinski definition) is 1. The van der Waals surface area contributed by atoms with Crippen molar-refractivity contribution in [3.8, 4) is 5.75 Å². The number of likely N-dealkylation sites (tertiary alicyclic amines) is 1. The summed E-state index contributed by atoms with van der Waals surface area (Å²) in [5, 5.41) is 9.73. The average Bonchev–Trinajstić information content (AvgIpc) is 2.48. The van der Waals surface area contributed by atoms with Crippen molar-refractivity contribution >= 4 is 17.5 Å². The summed E-state index contributed by atoms with van der Waals surface area (Å²) in [6, 6.07) is 5.46. The van der Waals surface area contributed by atoms with Gasteiger partial charge in [-0.1, -0.05) is 17.7 Å². The predicted octanol–water partition coefficient (Wildman–Crippen LogP) is 2.53. The molecule has 0 aliphatic carbocycles. The highest BCUT2D eigenvalue weighted by atomic mass is 35.5. The Kier molecular flexibility index (Phi) is 5.48. The van der Waals surface area contributed by atoms with Crippen molar-refractivity contribution in [3.05, 3.63) is 28.8 Å². The summed E-state index contributed by atoms with van der Waals surface area (Å²) in [4.78, 5) is 16.5. The van der Waals surface area contributed by atoms with Gasteiger partial charge in [-0.25, -0.2) is 0 Å². The van der Waals surface area contributed by atoms with E-state index in [2.05, 4.69) is 11.9 Å². The first-order chi connectivity index (χ1) is 9.97. The Morgan fingerprint density at radius 1 is 1.43 bits per heavy atom. The number of nitrogens with zero attached hydrogens (tertiary/aromatic N) is 2. The number of carbonyl (C=O) groups excluding carboxylic acids is 1. The molecule has 0 saturated carbocycles. The zero-order valence-electron chi connectivity index (χ0n) is 12.7. The lowest BCUT2D eigenvalue weighted by Crippen LogP contribution is -2.44. The molecule has 0 atom stereocenters. The maximum atomic E-state index is 12.3. The van der Waals surface area contributed by atoms with Gasteiger partial charge >= 0.3 is 0 Å². The van der Waals surface area contributed by atoms with Gasteiger partial charge in [-0.15, -0.1) is 0 Å². The molecule has 1 fully saturated rings. The first-order valence-electron chi connectivity index (χ1n) is 7.39. The number of benzene rings is 1. The Bertz CT molecular complexity index is 499. The van der Waals surface area contributed by atoms with E-state index < -0.39 is 0 Å². The molecule has 1 aliphatic rings. The summed E-state index contributed by atoms with van der Waals surface area (Å²) in [7, 11) is 4.02. The standard InChI is InChI=1S/C16H23ClN2O2/c1-18-9-7-13(8-10-18)19(2)16(21)6-4-12-3-5-15(20)14(17)11-12/h3,5,11,13,20H,4,6-10H2,1-2H3. The van der Waals surface area contributed by atoms with Crippen molar-refractivity contribution in [2.45, 2.75) is 31.7 Å². The largest absolute Gasteiger partial charge is 0.506 e. The van der Waals surface area contributed by atoms with Crippen molar-refractivity contribution in [3.63, 3.8) is 0 Å². The summed E-state index contributed by atoms with van der Waals surface area (Å²) in [6.45, 7) is 2.10. The molecule has 1 aromatic carbocycles. The minimum atomic E-state index is 0.0789. The van der Waals surface area contributed by atoms with Gasteiger partial charge in [0.15, 0.2) is 0 Å². The molecule has 4 nitrogen and oxygen atoms in total. The van der Waals surface area contributed by atoms with Crippen LogP contribution in [-0.4, -0.2) is 54.0 Å². The molecule has 1 aliphatic heterocycles. The van der Waals surface area contributed by atoms with Crippen LogP contribution in [0.25, 0.3) is 0 Å². The van der Waals surface area contributed by atoms with Crippen LogP contribution in [0.15, 0.2) is 18.2 Å². The van der Waals surface area contributed by atoms with Crippen LogP contribution in [0.3, 0.4) is 0 Å². The van der Waals surface area contributed by atoms with Gasteiger partial charge in [-0.05, 0) is 57.1 Å². The highest BCUT2D eigenvalue weighted by Crippen LogP contribution is 2.24. The van der Waals surface area contributed by atoms with E-state index >= 15 is 0 Å². The van der Waals surface area contributed by atoms with Crippen LogP contribution in [0, 0.1) is 0 Å². The number of halogens is 1. The van der Waals surface area contributed by atoms with Crippen molar-refractivity contribution in [2.75, 3.05) is 27.2 Å². The molecule has 1 saturated heterocycles. The number of amides is 1. The highest BCUT2D eigenvalue weighted by molar-refractivity contribution is 6.32. The summed E-state index contributed by atoms with van der Waals surface area (Å²) >= 11 is 5.88. The van der Waals surface area contributed by atoms with Crippen molar-refractivity contribution in [1.82, 2.24) is 9.80 Å². The minimum Gasteiger partial charge on any atom is -0.506 e. The third-order valence-electron chi connectivity index (χ3n) is 4.27. The van der Waals surface area contributed by atoms with Crippen LogP contribution in [0.5, 0.6) is 5.75 Å². The first kappa shape index (κ1) is 16.1. The van der Waals surface area contributed by atoms with Gasteiger partial charge in [0, 0.05) is 19.5 Å². The molecule has 1 amide bonds. The highest BCUT2D eigenvalue weighted by Gasteiger charge is 2.23. The molecule has 2 rings (SSSR count). The van der Waals surface area contributed by atoms with Gasteiger partial charge in [-0.3, -0.25) is 4.79 Å². The van der Waals surface area contributed by atoms with Gasteiger partial charge in [0.1, 0.15) is 5.75 Å². The van der Waals surface area contributed by atoms with Gasteiger partial charge in [0.05, 0.1) is 5.02 Å². The van der Waals surface area contributed by atoms with E-state index in [4.69, 9.17) is 11.6 Å². The van der Waals surface area contributed by atoms with E-state index in [1.54, 1.807) is 12.1 Å². The van der Waals surface area contributed by atoms with Crippen molar-refractivity contribution in [2.24, 2.45) is 0 Å². The quantitative estimate of drug-likeness (QED) is 0.929. The topological polar surface area (TPSA) is 43.8 Å². The molecule has 21 heavy (non-hydrogen) atoms. The Labute approximate surface area is 131 Å². The number of aromatic hydroxyl groups is 1. The Morgan fingerprint density at radius 3 is 2.71 bits per heavy atom. The third-order valence-corrected chi connectivity index (χ3v) is 4.57. The first-order valence-corrected chi connectivity index (χ1v) is 7.77. The summed E-state index contributed by atoms with van der Waals surface area (Å²) < 4.78 is 0. The van der Waals surface area contributed by atoms with Crippen LogP contribution < -0.4 is 0 Å². The fraction of sp³-hybridized carbons (Fsp3) is 0.562. The molecule has 116 valence electrons. The second kappa shape index (κ2) is 7.14. The fourth-order valence-electron chi connectivity index (χ4n) is 2.72. The van der Waals surface area contributed by atoms with E-state index in [1.165, 1.54) is 0 Å². The average molecular weight is 311 g/mol. The summed E-state index contributed by atoms with van der Waals surface area (Å²) in [5.41, 5.74) is 0.975. The lowest BCUT2D eigenvalue weighted by atomic mass is 10.0. The lowest BCUT2D eigenvalue weighted by molar-refractivity contribution is -0.132. The smallest absolute Gasteiger partial charge is 0.222 e. The van der Waals surface area contributed by atoms with E-state index in [0.29, 0.717) is 23.9 Å². The fourth-order valence-corrected chi connectivity index (χ4v) is 2.92. The Morgan fingerprint density at radius 2 is 2.10 bits per heavy atom. The Balaban J connectivity index is 1.84. The number of rotatable bonds is 4. The van der Waals surface area contributed by atoms with E-state index in [9.17, 15) is 9.90 Å². The normalized spacial score (nSPS) is 16.9. The van der Waals surface area contributed by atoms with E-state index in [-0.39, 0.29) is 11.7 Å². The molecular weight excluding hydrogens is 288 g/mol. The molecule has 0 spiro atoms. The van der Waals surface area contributed by atoms with Crippen LogP contribution in [0.4, 0.5) is 0 Å². The predicted molar refractivity (Wildman–Crippen MR) is 84.7 cm³/mol. The van der Waals surface area contributed by atoms with Gasteiger partial charge < -0.3 is 14.9 Å². The maximum absolute atomic E-state index is 12.3. The van der Waals surface area contributed by atoms with E-state index in [0.717, 1.165) is 31.5 Å². The number of hydrogen-bond acceptors (Lipinski definition) is 3. The number of aryl methyl sites for hydroxylation is 1. The lowest BCUT2D eigenvalue weighted by Gasteiger charge is -2.35. The van der Waals surface area contributed by atoms with Crippen molar-refractivity contribution in [1.29, 1.82) is 0 Å². The Hall–Kier alpha value is -1.26. The van der Waals surface area contributed by atoms with E-state index in [1.807, 2.05) is 18.0 Å². The molecular formula is C16H23ClN2O2. The molecule has 0 unspecified atom stereocenters. The van der Waals surface area contributed by atoms with Gasteiger partial charge in [-0.2, -0.15) is 0 Å². The molecule has 0 bridgehead atoms. The van der Waals surface area contributed by atoms with Crippen LogP contribution in [0.2, 0.25) is 5.02 Å². The number of phenolic OH excluding ortho intramolecular Hbond substituents is 1. The second-order valence-electron chi connectivity index (χ2n) is 5.82. The molecule has 1 heterocycles. The monoisotopic (exact) mass is 310 g/mol. The SMILES string of the molecule is CN1CCC(N(C)C(=O)CCc2ccc(O)c(Cl)c2)CC1.